The second-order valence-corrected chi connectivity index (χ2v) is 5.71. The Hall–Kier alpha value is -1.20. The van der Waals surface area contributed by atoms with E-state index in [1.807, 2.05) is 5.38 Å². The number of rotatable bonds is 9. The van der Waals surface area contributed by atoms with E-state index in [0.29, 0.717) is 0 Å². The van der Waals surface area contributed by atoms with Crippen molar-refractivity contribution in [1.29, 1.82) is 0 Å². The molecule has 1 heterocycles. The van der Waals surface area contributed by atoms with Gasteiger partial charge in [0.2, 0.25) is 5.91 Å². The van der Waals surface area contributed by atoms with Crippen LogP contribution < -0.4 is 5.32 Å². The summed E-state index contributed by atoms with van der Waals surface area (Å²) in [6, 6.07) is 0.207. The Morgan fingerprint density at radius 3 is 2.85 bits per heavy atom. The largest absolute Gasteiger partial charge is 0.350 e. The summed E-state index contributed by atoms with van der Waals surface area (Å²) in [6.07, 6.45) is 7.16. The summed E-state index contributed by atoms with van der Waals surface area (Å²) in [7, 11) is 0. The van der Waals surface area contributed by atoms with Gasteiger partial charge in [0.25, 0.3) is 0 Å². The molecule has 0 bridgehead atoms. The lowest BCUT2D eigenvalue weighted by Gasteiger charge is -2.19. The molecule has 0 fully saturated rings. The van der Waals surface area contributed by atoms with Crippen LogP contribution in [0.5, 0.6) is 0 Å². The second kappa shape index (κ2) is 9.66. The zero-order valence-electron chi connectivity index (χ0n) is 12.6. The van der Waals surface area contributed by atoms with Gasteiger partial charge in [-0.3, -0.25) is 4.79 Å². The van der Waals surface area contributed by atoms with Crippen LogP contribution in [0.4, 0.5) is 0 Å². The summed E-state index contributed by atoms with van der Waals surface area (Å²) < 4.78 is 0. The number of amides is 1. The van der Waals surface area contributed by atoms with Crippen molar-refractivity contribution in [1.82, 2.24) is 15.2 Å². The van der Waals surface area contributed by atoms with Gasteiger partial charge >= 0.3 is 0 Å². The zero-order valence-corrected chi connectivity index (χ0v) is 13.4. The van der Waals surface area contributed by atoms with E-state index in [9.17, 15) is 4.79 Å². The molecular formula is C15H25N3OS. The first-order chi connectivity index (χ1) is 9.65. The Morgan fingerprint density at radius 1 is 1.50 bits per heavy atom. The van der Waals surface area contributed by atoms with Crippen LogP contribution in [0.15, 0.2) is 17.7 Å². The van der Waals surface area contributed by atoms with Crippen LogP contribution in [-0.2, 0) is 4.79 Å². The summed E-state index contributed by atoms with van der Waals surface area (Å²) in [5, 5.41) is 5.74. The van der Waals surface area contributed by atoms with E-state index in [1.165, 1.54) is 11.3 Å². The minimum Gasteiger partial charge on any atom is -0.350 e. The molecule has 112 valence electrons. The maximum atomic E-state index is 11.7. The van der Waals surface area contributed by atoms with Gasteiger partial charge in [0.15, 0.2) is 0 Å². The summed E-state index contributed by atoms with van der Waals surface area (Å²) in [5.74, 6) is -0.0458. The molecule has 0 aliphatic carbocycles. The molecule has 0 spiro atoms. The molecule has 5 heteroatoms. The number of thiazole rings is 1. The van der Waals surface area contributed by atoms with Gasteiger partial charge in [-0.15, -0.1) is 11.3 Å². The number of hydrogen-bond donors (Lipinski definition) is 1. The Labute approximate surface area is 125 Å². The van der Waals surface area contributed by atoms with Gasteiger partial charge in [-0.05, 0) is 45.5 Å². The van der Waals surface area contributed by atoms with E-state index >= 15 is 0 Å². The van der Waals surface area contributed by atoms with Gasteiger partial charge in [0.1, 0.15) is 5.01 Å². The van der Waals surface area contributed by atoms with Crippen molar-refractivity contribution < 1.29 is 4.79 Å². The molecule has 4 nitrogen and oxygen atoms in total. The quantitative estimate of drug-likeness (QED) is 0.713. The first-order valence-corrected chi connectivity index (χ1v) is 8.14. The molecule has 0 radical (unpaired) electrons. The maximum Gasteiger partial charge on any atom is 0.244 e. The number of carbonyl (C=O) groups excluding carboxylic acids is 1. The molecule has 0 saturated heterocycles. The van der Waals surface area contributed by atoms with Crippen LogP contribution in [0.25, 0.3) is 6.08 Å². The summed E-state index contributed by atoms with van der Waals surface area (Å²) in [4.78, 5) is 18.2. The molecule has 1 atom stereocenters. The van der Waals surface area contributed by atoms with E-state index in [0.717, 1.165) is 37.5 Å². The highest BCUT2D eigenvalue weighted by atomic mass is 32.1. The SMILES string of the molecule is CCN(CC)CCC[C@@H](C)NC(=O)/C=C\c1nccs1. The number of carbonyl (C=O) groups is 1. The second-order valence-electron chi connectivity index (χ2n) is 4.78. The van der Waals surface area contributed by atoms with Crippen LogP contribution in [-0.4, -0.2) is 41.5 Å². The fourth-order valence-corrected chi connectivity index (χ4v) is 2.52. The number of hydrogen-bond acceptors (Lipinski definition) is 4. The van der Waals surface area contributed by atoms with Crippen molar-refractivity contribution in [2.75, 3.05) is 19.6 Å². The van der Waals surface area contributed by atoms with Crippen LogP contribution in [0.2, 0.25) is 0 Å². The average molecular weight is 295 g/mol. The van der Waals surface area contributed by atoms with Crippen LogP contribution in [0.1, 0.15) is 38.6 Å². The highest BCUT2D eigenvalue weighted by molar-refractivity contribution is 7.10. The van der Waals surface area contributed by atoms with Crippen LogP contribution >= 0.6 is 11.3 Å². The molecule has 0 aliphatic rings. The van der Waals surface area contributed by atoms with Gasteiger partial charge in [0, 0.05) is 23.7 Å². The summed E-state index contributed by atoms with van der Waals surface area (Å²) in [6.45, 7) is 9.69. The zero-order chi connectivity index (χ0) is 14.8. The van der Waals surface area contributed by atoms with Crippen molar-refractivity contribution in [2.24, 2.45) is 0 Å². The highest BCUT2D eigenvalue weighted by Gasteiger charge is 2.06. The molecule has 0 aromatic carbocycles. The lowest BCUT2D eigenvalue weighted by Crippen LogP contribution is -2.32. The van der Waals surface area contributed by atoms with Crippen molar-refractivity contribution in [3.63, 3.8) is 0 Å². The molecule has 1 amide bonds. The van der Waals surface area contributed by atoms with Crippen molar-refractivity contribution in [3.8, 4) is 0 Å². The lowest BCUT2D eigenvalue weighted by molar-refractivity contribution is -0.117. The minimum absolute atomic E-state index is 0.0458. The van der Waals surface area contributed by atoms with Gasteiger partial charge in [-0.2, -0.15) is 0 Å². The van der Waals surface area contributed by atoms with E-state index in [-0.39, 0.29) is 11.9 Å². The van der Waals surface area contributed by atoms with Gasteiger partial charge in [-0.25, -0.2) is 4.98 Å². The van der Waals surface area contributed by atoms with E-state index in [2.05, 4.69) is 36.0 Å². The van der Waals surface area contributed by atoms with Crippen LogP contribution in [0.3, 0.4) is 0 Å². The van der Waals surface area contributed by atoms with Gasteiger partial charge < -0.3 is 10.2 Å². The predicted octanol–water partition coefficient (Wildman–Crippen LogP) is 2.78. The Bertz CT molecular complexity index is 399. The molecule has 1 aromatic rings. The summed E-state index contributed by atoms with van der Waals surface area (Å²) >= 11 is 1.52. The smallest absolute Gasteiger partial charge is 0.244 e. The molecule has 0 aliphatic heterocycles. The Kier molecular flexibility index (Phi) is 8.14. The first kappa shape index (κ1) is 16.9. The first-order valence-electron chi connectivity index (χ1n) is 7.26. The van der Waals surface area contributed by atoms with Crippen molar-refractivity contribution >= 4 is 23.3 Å². The Morgan fingerprint density at radius 2 is 2.25 bits per heavy atom. The number of nitrogens with one attached hydrogen (secondary N) is 1. The van der Waals surface area contributed by atoms with Gasteiger partial charge in [-0.1, -0.05) is 13.8 Å². The van der Waals surface area contributed by atoms with Crippen LogP contribution in [0, 0.1) is 0 Å². The maximum absolute atomic E-state index is 11.7. The fraction of sp³-hybridized carbons (Fsp3) is 0.600. The van der Waals surface area contributed by atoms with Gasteiger partial charge in [0.05, 0.1) is 0 Å². The van der Waals surface area contributed by atoms with E-state index < -0.39 is 0 Å². The molecule has 0 saturated carbocycles. The third-order valence-corrected chi connectivity index (χ3v) is 3.96. The lowest BCUT2D eigenvalue weighted by atomic mass is 10.1. The average Bonchev–Trinajstić information content (AvgIpc) is 2.94. The van der Waals surface area contributed by atoms with Crippen molar-refractivity contribution in [2.45, 2.75) is 39.7 Å². The normalized spacial score (nSPS) is 13.0. The number of aromatic nitrogens is 1. The van der Waals surface area contributed by atoms with E-state index in [1.54, 1.807) is 18.3 Å². The molecular weight excluding hydrogens is 270 g/mol. The van der Waals surface area contributed by atoms with Crippen molar-refractivity contribution in [3.05, 3.63) is 22.7 Å². The van der Waals surface area contributed by atoms with E-state index in [4.69, 9.17) is 0 Å². The topological polar surface area (TPSA) is 45.2 Å². The predicted molar refractivity (Wildman–Crippen MR) is 85.8 cm³/mol. The minimum atomic E-state index is -0.0458. The molecule has 1 rings (SSSR count). The summed E-state index contributed by atoms with van der Waals surface area (Å²) in [5.41, 5.74) is 0. The Balaban J connectivity index is 2.21. The molecule has 20 heavy (non-hydrogen) atoms. The fourth-order valence-electron chi connectivity index (χ4n) is 1.99. The third kappa shape index (κ3) is 6.82. The monoisotopic (exact) mass is 295 g/mol. The number of nitrogens with zero attached hydrogens (tertiary/aromatic N) is 2. The molecule has 1 aromatic heterocycles. The molecule has 1 N–H and O–H groups in total. The molecule has 0 unspecified atom stereocenters. The standard InChI is InChI=1S/C15H25N3OS/c1-4-18(5-2)11-6-7-13(3)17-14(19)8-9-15-16-10-12-20-15/h8-10,12-13H,4-7,11H2,1-3H3,(H,17,19)/b9-8-/t13-/m1/s1. The third-order valence-electron chi connectivity index (χ3n) is 3.22. The highest BCUT2D eigenvalue weighted by Crippen LogP contribution is 2.05.